The normalized spacial score (nSPS) is 15.7. The fourth-order valence-corrected chi connectivity index (χ4v) is 2.63. The number of fused-ring (bicyclic) bond motifs is 1. The Morgan fingerprint density at radius 3 is 3.00 bits per heavy atom. The number of azide groups is 1. The second-order valence-electron chi connectivity index (χ2n) is 4.94. The molecule has 2 aromatic rings. The van der Waals surface area contributed by atoms with Gasteiger partial charge in [0.05, 0.1) is 13.7 Å². The third kappa shape index (κ3) is 3.13. The Kier molecular flexibility index (Phi) is 4.46. The quantitative estimate of drug-likeness (QED) is 0.471. The zero-order valence-electron chi connectivity index (χ0n) is 12.4. The summed E-state index contributed by atoms with van der Waals surface area (Å²) < 4.78 is 17.1. The average molecular weight is 332 g/mol. The van der Waals surface area contributed by atoms with E-state index in [1.807, 2.05) is 24.3 Å². The number of hydrogen-bond acceptors (Lipinski definition) is 4. The number of methoxy groups -OCH3 is 1. The van der Waals surface area contributed by atoms with Gasteiger partial charge in [0.15, 0.2) is 11.5 Å². The van der Waals surface area contributed by atoms with Crippen molar-refractivity contribution >= 4 is 11.6 Å². The summed E-state index contributed by atoms with van der Waals surface area (Å²) in [6.45, 7) is 0.541. The Hall–Kier alpha value is -2.56. The van der Waals surface area contributed by atoms with Crippen LogP contribution in [0.2, 0.25) is 5.02 Å². The molecule has 0 saturated carbocycles. The molecule has 6 nitrogen and oxygen atoms in total. The highest BCUT2D eigenvalue weighted by molar-refractivity contribution is 6.31. The van der Waals surface area contributed by atoms with Gasteiger partial charge in [-0.15, -0.1) is 0 Å². The summed E-state index contributed by atoms with van der Waals surface area (Å²) in [5.74, 6) is 1.92. The number of para-hydroxylation sites is 1. The first-order chi connectivity index (χ1) is 11.2. The second kappa shape index (κ2) is 6.69. The maximum absolute atomic E-state index is 8.45. The van der Waals surface area contributed by atoms with Crippen molar-refractivity contribution in [2.24, 2.45) is 5.11 Å². The number of nitrogens with zero attached hydrogens (tertiary/aromatic N) is 3. The van der Waals surface area contributed by atoms with Crippen LogP contribution >= 0.6 is 11.6 Å². The molecular weight excluding hydrogens is 318 g/mol. The smallest absolute Gasteiger partial charge is 0.169 e. The predicted molar refractivity (Wildman–Crippen MR) is 87.4 cm³/mol. The van der Waals surface area contributed by atoms with Crippen LogP contribution in [0.25, 0.3) is 21.6 Å². The number of halogens is 1. The van der Waals surface area contributed by atoms with Crippen molar-refractivity contribution in [1.29, 1.82) is 0 Å². The topological polar surface area (TPSA) is 76.5 Å². The van der Waals surface area contributed by atoms with Gasteiger partial charge in [0.25, 0.3) is 0 Å². The van der Waals surface area contributed by atoms with E-state index in [9.17, 15) is 0 Å². The van der Waals surface area contributed by atoms with E-state index < -0.39 is 0 Å². The molecule has 2 aromatic carbocycles. The van der Waals surface area contributed by atoms with Gasteiger partial charge in [-0.2, -0.15) is 0 Å². The number of hydrogen-bond donors (Lipinski definition) is 0. The first-order valence-electron chi connectivity index (χ1n) is 7.00. The number of benzene rings is 2. The lowest BCUT2D eigenvalue weighted by Crippen LogP contribution is -2.31. The molecule has 0 aromatic heterocycles. The highest BCUT2D eigenvalue weighted by atomic mass is 35.5. The van der Waals surface area contributed by atoms with E-state index in [0.29, 0.717) is 28.9 Å². The number of ether oxygens (including phenoxy) is 3. The molecule has 118 valence electrons. The maximum Gasteiger partial charge on any atom is 0.169 e. The van der Waals surface area contributed by atoms with Crippen LogP contribution < -0.4 is 14.2 Å². The first kappa shape index (κ1) is 15.3. The maximum atomic E-state index is 8.45. The van der Waals surface area contributed by atoms with Gasteiger partial charge in [-0.25, -0.2) is 0 Å². The average Bonchev–Trinajstić information content (AvgIpc) is 2.59. The SMILES string of the molecule is COc1ccc(Cl)cc1-c1cccc2c1OC(CN=[N+]=[N-])CO2. The molecule has 0 fully saturated rings. The zero-order chi connectivity index (χ0) is 16.2. The molecule has 0 spiro atoms. The highest BCUT2D eigenvalue weighted by Crippen LogP contribution is 2.44. The molecule has 0 aliphatic carbocycles. The molecule has 0 amide bonds. The van der Waals surface area contributed by atoms with E-state index in [1.165, 1.54) is 0 Å². The largest absolute Gasteiger partial charge is 0.496 e. The lowest BCUT2D eigenvalue weighted by Gasteiger charge is -2.27. The van der Waals surface area contributed by atoms with Crippen LogP contribution in [0, 0.1) is 0 Å². The fraction of sp³-hybridized carbons (Fsp3) is 0.250. The molecule has 1 aliphatic rings. The zero-order valence-corrected chi connectivity index (χ0v) is 13.2. The van der Waals surface area contributed by atoms with Gasteiger partial charge in [-0.1, -0.05) is 28.8 Å². The summed E-state index contributed by atoms with van der Waals surface area (Å²) >= 11 is 6.12. The van der Waals surface area contributed by atoms with Gasteiger partial charge in [0.2, 0.25) is 0 Å². The van der Waals surface area contributed by atoms with Crippen molar-refractivity contribution < 1.29 is 14.2 Å². The van der Waals surface area contributed by atoms with Gasteiger partial charge in [-0.3, -0.25) is 0 Å². The van der Waals surface area contributed by atoms with Crippen molar-refractivity contribution in [3.05, 3.63) is 51.9 Å². The molecule has 1 atom stereocenters. The molecule has 1 unspecified atom stereocenters. The summed E-state index contributed by atoms with van der Waals surface area (Å²) in [7, 11) is 1.60. The molecular formula is C16H14ClN3O3. The first-order valence-corrected chi connectivity index (χ1v) is 7.38. The van der Waals surface area contributed by atoms with E-state index in [1.54, 1.807) is 19.2 Å². The molecule has 3 rings (SSSR count). The van der Waals surface area contributed by atoms with Crippen molar-refractivity contribution in [1.82, 2.24) is 0 Å². The van der Waals surface area contributed by atoms with Gasteiger partial charge >= 0.3 is 0 Å². The summed E-state index contributed by atoms with van der Waals surface area (Å²) in [5, 5.41) is 4.15. The molecule has 1 aliphatic heterocycles. The van der Waals surface area contributed by atoms with Gasteiger partial charge < -0.3 is 14.2 Å². The van der Waals surface area contributed by atoms with Crippen LogP contribution in [0.3, 0.4) is 0 Å². The van der Waals surface area contributed by atoms with E-state index in [4.69, 9.17) is 31.3 Å². The van der Waals surface area contributed by atoms with E-state index in [0.717, 1.165) is 11.1 Å². The molecule has 7 heteroatoms. The van der Waals surface area contributed by atoms with E-state index in [-0.39, 0.29) is 12.6 Å². The van der Waals surface area contributed by atoms with Crippen LogP contribution in [0.4, 0.5) is 0 Å². The van der Waals surface area contributed by atoms with Crippen molar-refractivity contribution in [3.63, 3.8) is 0 Å². The van der Waals surface area contributed by atoms with Gasteiger partial charge in [0.1, 0.15) is 18.5 Å². The Morgan fingerprint density at radius 2 is 2.22 bits per heavy atom. The van der Waals surface area contributed by atoms with Crippen LogP contribution in [-0.4, -0.2) is 26.4 Å². The summed E-state index contributed by atoms with van der Waals surface area (Å²) in [6, 6.07) is 11.0. The van der Waals surface area contributed by atoms with Crippen LogP contribution in [0.1, 0.15) is 0 Å². The third-order valence-corrected chi connectivity index (χ3v) is 3.72. The van der Waals surface area contributed by atoms with Crippen LogP contribution in [0.15, 0.2) is 41.5 Å². The van der Waals surface area contributed by atoms with E-state index in [2.05, 4.69) is 10.0 Å². The minimum absolute atomic E-state index is 0.205. The molecule has 0 radical (unpaired) electrons. The summed E-state index contributed by atoms with van der Waals surface area (Å²) in [6.07, 6.45) is -0.329. The lowest BCUT2D eigenvalue weighted by molar-refractivity contribution is 0.0976. The Bertz CT molecular complexity index is 775. The fourth-order valence-electron chi connectivity index (χ4n) is 2.45. The Morgan fingerprint density at radius 1 is 1.35 bits per heavy atom. The van der Waals surface area contributed by atoms with Crippen LogP contribution in [-0.2, 0) is 0 Å². The lowest BCUT2D eigenvalue weighted by atomic mass is 10.0. The Balaban J connectivity index is 2.05. The van der Waals surface area contributed by atoms with Crippen LogP contribution in [0.5, 0.6) is 17.2 Å². The monoisotopic (exact) mass is 331 g/mol. The van der Waals surface area contributed by atoms with E-state index >= 15 is 0 Å². The van der Waals surface area contributed by atoms with Crippen molar-refractivity contribution in [2.45, 2.75) is 6.10 Å². The predicted octanol–water partition coefficient (Wildman–Crippen LogP) is 4.47. The van der Waals surface area contributed by atoms with Crippen molar-refractivity contribution in [2.75, 3.05) is 20.3 Å². The van der Waals surface area contributed by atoms with Crippen molar-refractivity contribution in [3.8, 4) is 28.4 Å². The highest BCUT2D eigenvalue weighted by Gasteiger charge is 2.24. The van der Waals surface area contributed by atoms with Gasteiger partial charge in [0, 0.05) is 21.1 Å². The van der Waals surface area contributed by atoms with Gasteiger partial charge in [-0.05, 0) is 29.8 Å². The molecule has 0 saturated heterocycles. The minimum Gasteiger partial charge on any atom is -0.496 e. The molecule has 23 heavy (non-hydrogen) atoms. The molecule has 0 N–H and O–H groups in total. The Labute approximate surface area is 138 Å². The molecule has 1 heterocycles. The standard InChI is InChI=1S/C16H14ClN3O3/c1-21-14-6-5-10(17)7-13(14)12-3-2-4-15-16(12)23-11(9-22-15)8-19-20-18/h2-7,11H,8-9H2,1H3. The minimum atomic E-state index is -0.329. The third-order valence-electron chi connectivity index (χ3n) is 3.49. The molecule has 0 bridgehead atoms. The summed E-state index contributed by atoms with van der Waals surface area (Å²) in [4.78, 5) is 2.76. The second-order valence-corrected chi connectivity index (χ2v) is 5.38. The number of rotatable bonds is 4. The summed E-state index contributed by atoms with van der Waals surface area (Å²) in [5.41, 5.74) is 10.1.